The fourth-order valence-corrected chi connectivity index (χ4v) is 2.66. The monoisotopic (exact) mass is 333 g/mol. The van der Waals surface area contributed by atoms with Gasteiger partial charge in [-0.1, -0.05) is 13.8 Å². The molecule has 0 atom stereocenters. The van der Waals surface area contributed by atoms with Crippen molar-refractivity contribution < 1.29 is 0 Å². The number of piperazine rings is 1. The number of aromatic nitrogens is 2. The average molecular weight is 333 g/mol. The van der Waals surface area contributed by atoms with Crippen LogP contribution in [0.15, 0.2) is 23.5 Å². The Hall–Kier alpha value is -1.89. The van der Waals surface area contributed by atoms with E-state index in [0.29, 0.717) is 5.92 Å². The summed E-state index contributed by atoms with van der Waals surface area (Å²) in [6, 6.07) is 1.85. The van der Waals surface area contributed by atoms with Gasteiger partial charge in [0.25, 0.3) is 0 Å². The zero-order valence-electron chi connectivity index (χ0n) is 15.2. The van der Waals surface area contributed by atoms with E-state index in [1.165, 1.54) is 0 Å². The highest BCUT2D eigenvalue weighted by Crippen LogP contribution is 2.08. The van der Waals surface area contributed by atoms with Gasteiger partial charge < -0.3 is 15.5 Å². The Bertz CT molecular complexity index is 481. The van der Waals surface area contributed by atoms with Gasteiger partial charge in [0.2, 0.25) is 5.95 Å². The number of aliphatic imine (C=N–C) groups is 1. The van der Waals surface area contributed by atoms with Crippen molar-refractivity contribution in [2.24, 2.45) is 10.9 Å². The fraction of sp³-hybridized carbons (Fsp3) is 0.706. The SMILES string of the molecule is CN=C(NCCC(C)C)NCCN1CCN(c2ncccn2)CC1. The number of nitrogens with one attached hydrogen (secondary N) is 2. The van der Waals surface area contributed by atoms with Gasteiger partial charge in [-0.15, -0.1) is 0 Å². The second-order valence-corrected chi connectivity index (χ2v) is 6.49. The third kappa shape index (κ3) is 6.31. The summed E-state index contributed by atoms with van der Waals surface area (Å²) in [6.45, 7) is 11.4. The van der Waals surface area contributed by atoms with Crippen LogP contribution in [0.2, 0.25) is 0 Å². The number of hydrogen-bond acceptors (Lipinski definition) is 5. The molecule has 1 aliphatic rings. The van der Waals surface area contributed by atoms with Gasteiger partial charge in [0.15, 0.2) is 5.96 Å². The highest BCUT2D eigenvalue weighted by Gasteiger charge is 2.18. The molecule has 0 unspecified atom stereocenters. The molecule has 7 nitrogen and oxygen atoms in total. The average Bonchev–Trinajstić information content (AvgIpc) is 2.61. The summed E-state index contributed by atoms with van der Waals surface area (Å²) in [5, 5.41) is 6.75. The Morgan fingerprint density at radius 1 is 1.12 bits per heavy atom. The van der Waals surface area contributed by atoms with Crippen molar-refractivity contribution in [3.05, 3.63) is 18.5 Å². The number of hydrogen-bond donors (Lipinski definition) is 2. The van der Waals surface area contributed by atoms with Gasteiger partial charge in [-0.2, -0.15) is 0 Å². The summed E-state index contributed by atoms with van der Waals surface area (Å²) in [5.41, 5.74) is 0. The Morgan fingerprint density at radius 3 is 2.42 bits per heavy atom. The van der Waals surface area contributed by atoms with Crippen molar-refractivity contribution >= 4 is 11.9 Å². The van der Waals surface area contributed by atoms with Crippen molar-refractivity contribution in [2.75, 3.05) is 57.8 Å². The minimum absolute atomic E-state index is 0.709. The molecule has 2 heterocycles. The van der Waals surface area contributed by atoms with Crippen LogP contribution in [-0.2, 0) is 0 Å². The van der Waals surface area contributed by atoms with Gasteiger partial charge in [-0.05, 0) is 18.4 Å². The molecule has 0 radical (unpaired) electrons. The molecule has 1 aliphatic heterocycles. The predicted octanol–water partition coefficient (Wildman–Crippen LogP) is 0.810. The molecule has 2 N–H and O–H groups in total. The maximum Gasteiger partial charge on any atom is 0.225 e. The first-order valence-corrected chi connectivity index (χ1v) is 8.88. The van der Waals surface area contributed by atoms with Crippen LogP contribution in [0.1, 0.15) is 20.3 Å². The first-order valence-electron chi connectivity index (χ1n) is 8.88. The highest BCUT2D eigenvalue weighted by atomic mass is 15.3. The molecular formula is C17H31N7. The molecule has 7 heteroatoms. The van der Waals surface area contributed by atoms with Gasteiger partial charge in [-0.25, -0.2) is 9.97 Å². The second kappa shape index (κ2) is 10.1. The third-order valence-corrected chi connectivity index (χ3v) is 4.17. The number of guanidine groups is 1. The molecule has 0 spiro atoms. The van der Waals surface area contributed by atoms with E-state index < -0.39 is 0 Å². The lowest BCUT2D eigenvalue weighted by molar-refractivity contribution is 0.260. The Kier molecular flexibility index (Phi) is 7.74. The van der Waals surface area contributed by atoms with Gasteiger partial charge in [0, 0.05) is 65.3 Å². The molecule has 24 heavy (non-hydrogen) atoms. The van der Waals surface area contributed by atoms with E-state index in [1.807, 2.05) is 13.1 Å². The topological polar surface area (TPSA) is 68.7 Å². The summed E-state index contributed by atoms with van der Waals surface area (Å²) in [6.07, 6.45) is 4.76. The van der Waals surface area contributed by atoms with E-state index in [1.54, 1.807) is 12.4 Å². The smallest absolute Gasteiger partial charge is 0.225 e. The molecule has 1 aromatic rings. The molecule has 134 valence electrons. The van der Waals surface area contributed by atoms with Crippen LogP contribution in [-0.4, -0.2) is 73.7 Å². The van der Waals surface area contributed by atoms with Crippen molar-refractivity contribution in [2.45, 2.75) is 20.3 Å². The molecule has 2 rings (SSSR count). The Morgan fingerprint density at radius 2 is 1.79 bits per heavy atom. The van der Waals surface area contributed by atoms with E-state index in [2.05, 4.69) is 49.2 Å². The first-order chi connectivity index (χ1) is 11.7. The van der Waals surface area contributed by atoms with Crippen molar-refractivity contribution in [3.63, 3.8) is 0 Å². The Labute approximate surface area is 145 Å². The zero-order valence-corrected chi connectivity index (χ0v) is 15.2. The molecular weight excluding hydrogens is 302 g/mol. The van der Waals surface area contributed by atoms with E-state index in [4.69, 9.17) is 0 Å². The van der Waals surface area contributed by atoms with Crippen LogP contribution >= 0.6 is 0 Å². The molecule has 1 saturated heterocycles. The normalized spacial score (nSPS) is 16.5. The first kappa shape index (κ1) is 18.4. The lowest BCUT2D eigenvalue weighted by atomic mass is 10.1. The molecule has 1 aromatic heterocycles. The number of rotatable bonds is 7. The lowest BCUT2D eigenvalue weighted by Crippen LogP contribution is -2.49. The molecule has 0 saturated carbocycles. The highest BCUT2D eigenvalue weighted by molar-refractivity contribution is 5.79. The summed E-state index contributed by atoms with van der Waals surface area (Å²) in [5.74, 6) is 2.44. The van der Waals surface area contributed by atoms with Crippen molar-refractivity contribution in [3.8, 4) is 0 Å². The van der Waals surface area contributed by atoms with Crippen molar-refractivity contribution in [1.82, 2.24) is 25.5 Å². The van der Waals surface area contributed by atoms with E-state index in [0.717, 1.165) is 64.1 Å². The van der Waals surface area contributed by atoms with Crippen LogP contribution in [0.5, 0.6) is 0 Å². The molecule has 0 aliphatic carbocycles. The predicted molar refractivity (Wildman–Crippen MR) is 99.5 cm³/mol. The second-order valence-electron chi connectivity index (χ2n) is 6.49. The Balaban J connectivity index is 1.62. The molecule has 1 fully saturated rings. The van der Waals surface area contributed by atoms with E-state index in [9.17, 15) is 0 Å². The maximum absolute atomic E-state index is 4.32. The molecule has 0 amide bonds. The van der Waals surface area contributed by atoms with Gasteiger partial charge in [0.1, 0.15) is 0 Å². The van der Waals surface area contributed by atoms with Crippen LogP contribution in [0.3, 0.4) is 0 Å². The van der Waals surface area contributed by atoms with Crippen LogP contribution < -0.4 is 15.5 Å². The fourth-order valence-electron chi connectivity index (χ4n) is 2.66. The molecule has 0 bridgehead atoms. The van der Waals surface area contributed by atoms with Crippen molar-refractivity contribution in [1.29, 1.82) is 0 Å². The minimum Gasteiger partial charge on any atom is -0.356 e. The quantitative estimate of drug-likeness (QED) is 0.568. The summed E-state index contributed by atoms with van der Waals surface area (Å²) < 4.78 is 0. The van der Waals surface area contributed by atoms with Gasteiger partial charge in [0.05, 0.1) is 0 Å². The van der Waals surface area contributed by atoms with Gasteiger partial charge >= 0.3 is 0 Å². The lowest BCUT2D eigenvalue weighted by Gasteiger charge is -2.34. The standard InChI is InChI=1S/C17H31N7/c1-15(2)5-8-19-16(18-3)20-9-10-23-11-13-24(14-12-23)17-21-6-4-7-22-17/h4,6-7,15H,5,8-14H2,1-3H3,(H2,18,19,20). The summed E-state index contributed by atoms with van der Waals surface area (Å²) in [7, 11) is 1.82. The molecule has 0 aromatic carbocycles. The summed E-state index contributed by atoms with van der Waals surface area (Å²) >= 11 is 0. The third-order valence-electron chi connectivity index (χ3n) is 4.17. The number of nitrogens with zero attached hydrogens (tertiary/aromatic N) is 5. The largest absolute Gasteiger partial charge is 0.356 e. The summed E-state index contributed by atoms with van der Waals surface area (Å²) in [4.78, 5) is 17.6. The number of anilines is 1. The van der Waals surface area contributed by atoms with Crippen LogP contribution in [0.25, 0.3) is 0 Å². The van der Waals surface area contributed by atoms with Crippen LogP contribution in [0.4, 0.5) is 5.95 Å². The van der Waals surface area contributed by atoms with E-state index in [-0.39, 0.29) is 0 Å². The minimum atomic E-state index is 0.709. The zero-order chi connectivity index (χ0) is 17.2. The van der Waals surface area contributed by atoms with Crippen LogP contribution in [0, 0.1) is 5.92 Å². The van der Waals surface area contributed by atoms with E-state index >= 15 is 0 Å². The maximum atomic E-state index is 4.32. The van der Waals surface area contributed by atoms with Gasteiger partial charge in [-0.3, -0.25) is 9.89 Å².